The number of Topliss-reactive ketones (excluding diaryl/α,β-unsaturated/α-hetero) is 1. The van der Waals surface area contributed by atoms with Crippen molar-refractivity contribution in [2.45, 2.75) is 12.0 Å². The second-order valence-electron chi connectivity index (χ2n) is 4.97. The van der Waals surface area contributed by atoms with E-state index in [1.54, 1.807) is 24.3 Å². The molecule has 1 fully saturated rings. The molecule has 1 aliphatic rings. The van der Waals surface area contributed by atoms with Crippen LogP contribution in [0.15, 0.2) is 60.7 Å². The van der Waals surface area contributed by atoms with Gasteiger partial charge in [0, 0.05) is 10.5 Å². The topological polar surface area (TPSA) is 60.2 Å². The summed E-state index contributed by atoms with van der Waals surface area (Å²) in [4.78, 5) is 23.2. The maximum absolute atomic E-state index is 12.4. The smallest absolute Gasteiger partial charge is 0.231 e. The summed E-state index contributed by atoms with van der Waals surface area (Å²) in [6.45, 7) is 0. The molecule has 0 unspecified atom stereocenters. The van der Waals surface area contributed by atoms with Crippen LogP contribution in [-0.4, -0.2) is 16.7 Å². The third-order valence-electron chi connectivity index (χ3n) is 3.77. The Morgan fingerprint density at radius 2 is 1.50 bits per heavy atom. The number of rotatable bonds is 4. The van der Waals surface area contributed by atoms with Gasteiger partial charge in [-0.15, -0.1) is 0 Å². The molecule has 1 aliphatic carbocycles. The van der Waals surface area contributed by atoms with Crippen LogP contribution >= 0.6 is 0 Å². The van der Waals surface area contributed by atoms with Gasteiger partial charge in [-0.25, -0.2) is 0 Å². The Morgan fingerprint density at radius 1 is 0.950 bits per heavy atom. The second kappa shape index (κ2) is 4.89. The van der Waals surface area contributed by atoms with Crippen LogP contribution in [0.2, 0.25) is 0 Å². The van der Waals surface area contributed by atoms with Crippen LogP contribution in [0.3, 0.4) is 0 Å². The normalized spacial score (nSPS) is 24.1. The third-order valence-corrected chi connectivity index (χ3v) is 3.77. The molecule has 0 aromatic heterocycles. The van der Waals surface area contributed by atoms with Gasteiger partial charge in [0.2, 0.25) is 6.04 Å². The van der Waals surface area contributed by atoms with Crippen molar-refractivity contribution in [1.82, 2.24) is 0 Å². The van der Waals surface area contributed by atoms with Gasteiger partial charge in [-0.3, -0.25) is 14.9 Å². The molecule has 0 heterocycles. The molecule has 0 spiro atoms. The molecule has 3 atom stereocenters. The summed E-state index contributed by atoms with van der Waals surface area (Å²) in [6.07, 6.45) is 0. The minimum absolute atomic E-state index is 0.138. The fourth-order valence-electron chi connectivity index (χ4n) is 2.75. The fraction of sp³-hybridized carbons (Fsp3) is 0.188. The number of nitro groups is 1. The zero-order valence-corrected chi connectivity index (χ0v) is 10.7. The molecule has 2 aromatic carbocycles. The molecule has 0 aliphatic heterocycles. The highest BCUT2D eigenvalue weighted by Gasteiger charge is 2.64. The van der Waals surface area contributed by atoms with E-state index in [-0.39, 0.29) is 16.6 Å². The van der Waals surface area contributed by atoms with Crippen LogP contribution < -0.4 is 0 Å². The van der Waals surface area contributed by atoms with Gasteiger partial charge >= 0.3 is 0 Å². The molecular weight excluding hydrogens is 254 g/mol. The number of nitrogens with zero attached hydrogens (tertiary/aromatic N) is 1. The zero-order chi connectivity index (χ0) is 14.1. The van der Waals surface area contributed by atoms with E-state index in [1.807, 2.05) is 36.4 Å². The van der Waals surface area contributed by atoms with E-state index in [4.69, 9.17) is 0 Å². The molecule has 4 heteroatoms. The van der Waals surface area contributed by atoms with Crippen LogP contribution in [0.5, 0.6) is 0 Å². The van der Waals surface area contributed by atoms with Gasteiger partial charge < -0.3 is 0 Å². The van der Waals surface area contributed by atoms with E-state index in [0.29, 0.717) is 5.56 Å². The number of benzene rings is 2. The van der Waals surface area contributed by atoms with Gasteiger partial charge in [0.25, 0.3) is 0 Å². The number of carbonyl (C=O) groups is 1. The van der Waals surface area contributed by atoms with E-state index in [2.05, 4.69) is 0 Å². The average molecular weight is 267 g/mol. The summed E-state index contributed by atoms with van der Waals surface area (Å²) in [5, 5.41) is 11.1. The molecule has 0 radical (unpaired) electrons. The predicted octanol–water partition coefficient (Wildman–Crippen LogP) is 2.93. The summed E-state index contributed by atoms with van der Waals surface area (Å²) >= 11 is 0. The maximum atomic E-state index is 12.4. The summed E-state index contributed by atoms with van der Waals surface area (Å²) in [6, 6.07) is 17.2. The molecule has 100 valence electrons. The molecule has 20 heavy (non-hydrogen) atoms. The molecule has 0 amide bonds. The molecule has 4 nitrogen and oxygen atoms in total. The second-order valence-corrected chi connectivity index (χ2v) is 4.97. The average Bonchev–Trinajstić information content (AvgIpc) is 3.24. The molecule has 2 aromatic rings. The minimum Gasteiger partial charge on any atom is -0.294 e. The summed E-state index contributed by atoms with van der Waals surface area (Å²) in [7, 11) is 0. The fourth-order valence-corrected chi connectivity index (χ4v) is 2.75. The Labute approximate surface area is 116 Å². The maximum Gasteiger partial charge on any atom is 0.231 e. The van der Waals surface area contributed by atoms with Crippen molar-refractivity contribution >= 4 is 5.78 Å². The van der Waals surface area contributed by atoms with E-state index in [1.165, 1.54) is 0 Å². The Bertz CT molecular complexity index is 639. The first-order valence-electron chi connectivity index (χ1n) is 6.48. The van der Waals surface area contributed by atoms with Gasteiger partial charge in [0.15, 0.2) is 5.78 Å². The number of ketones is 1. The van der Waals surface area contributed by atoms with Gasteiger partial charge in [-0.1, -0.05) is 60.7 Å². The molecular formula is C16H13NO3. The van der Waals surface area contributed by atoms with Crippen molar-refractivity contribution in [3.63, 3.8) is 0 Å². The van der Waals surface area contributed by atoms with Crippen molar-refractivity contribution in [2.75, 3.05) is 0 Å². The third kappa shape index (κ3) is 2.09. The predicted molar refractivity (Wildman–Crippen MR) is 74.2 cm³/mol. The Kier molecular flexibility index (Phi) is 3.06. The van der Waals surface area contributed by atoms with E-state index in [0.717, 1.165) is 5.56 Å². The largest absolute Gasteiger partial charge is 0.294 e. The van der Waals surface area contributed by atoms with E-state index < -0.39 is 12.0 Å². The summed E-state index contributed by atoms with van der Waals surface area (Å²) in [5.74, 6) is -0.991. The van der Waals surface area contributed by atoms with Gasteiger partial charge in [-0.2, -0.15) is 0 Å². The Hall–Kier alpha value is -2.49. The highest BCUT2D eigenvalue weighted by Crippen LogP contribution is 2.51. The molecule has 1 saturated carbocycles. The van der Waals surface area contributed by atoms with Crippen molar-refractivity contribution < 1.29 is 9.72 Å². The quantitative estimate of drug-likeness (QED) is 0.486. The lowest BCUT2D eigenvalue weighted by Crippen LogP contribution is -2.10. The molecule has 0 N–H and O–H groups in total. The number of hydrogen-bond donors (Lipinski definition) is 0. The lowest BCUT2D eigenvalue weighted by atomic mass is 10.0. The minimum atomic E-state index is -0.801. The van der Waals surface area contributed by atoms with Crippen molar-refractivity contribution in [1.29, 1.82) is 0 Å². The number of carbonyl (C=O) groups excluding carboxylic acids is 1. The molecule has 3 rings (SSSR count). The lowest BCUT2D eigenvalue weighted by Gasteiger charge is -1.98. The SMILES string of the molecule is O=C(c1ccccc1)[C@@H]1[C@H](c2ccccc2)[C@H]1[N+](=O)[O-]. The molecule has 0 bridgehead atoms. The monoisotopic (exact) mass is 267 g/mol. The Morgan fingerprint density at radius 3 is 2.05 bits per heavy atom. The Balaban J connectivity index is 1.90. The van der Waals surface area contributed by atoms with Crippen molar-refractivity contribution in [3.05, 3.63) is 81.9 Å². The van der Waals surface area contributed by atoms with Gasteiger partial charge in [-0.05, 0) is 5.56 Å². The van der Waals surface area contributed by atoms with Crippen LogP contribution in [0.1, 0.15) is 21.8 Å². The first-order chi connectivity index (χ1) is 9.70. The van der Waals surface area contributed by atoms with Gasteiger partial charge in [0.05, 0.1) is 5.92 Å². The van der Waals surface area contributed by atoms with Crippen LogP contribution in [0.25, 0.3) is 0 Å². The number of hydrogen-bond acceptors (Lipinski definition) is 3. The van der Waals surface area contributed by atoms with Gasteiger partial charge in [0.1, 0.15) is 5.92 Å². The summed E-state index contributed by atoms with van der Waals surface area (Å²) in [5.41, 5.74) is 1.41. The first kappa shape index (κ1) is 12.5. The highest BCUT2D eigenvalue weighted by atomic mass is 16.6. The van der Waals surface area contributed by atoms with E-state index >= 15 is 0 Å². The zero-order valence-electron chi connectivity index (χ0n) is 10.7. The van der Waals surface area contributed by atoms with Crippen molar-refractivity contribution in [3.8, 4) is 0 Å². The first-order valence-corrected chi connectivity index (χ1v) is 6.48. The van der Waals surface area contributed by atoms with Crippen LogP contribution in [0, 0.1) is 16.0 Å². The van der Waals surface area contributed by atoms with E-state index in [9.17, 15) is 14.9 Å². The lowest BCUT2D eigenvalue weighted by molar-refractivity contribution is -0.498. The standard InChI is InChI=1S/C16H13NO3/c18-16(12-9-5-2-6-10-12)14-13(15(14)17(19)20)11-7-3-1-4-8-11/h1-10,13-15H/t13-,14+,15+/m0/s1. The summed E-state index contributed by atoms with van der Waals surface area (Å²) < 4.78 is 0. The highest BCUT2D eigenvalue weighted by molar-refractivity contribution is 6.01. The molecule has 0 saturated heterocycles. The van der Waals surface area contributed by atoms with Crippen LogP contribution in [-0.2, 0) is 0 Å². The van der Waals surface area contributed by atoms with Crippen molar-refractivity contribution in [2.24, 2.45) is 5.92 Å². The van der Waals surface area contributed by atoms with Crippen LogP contribution in [0.4, 0.5) is 0 Å².